The minimum Gasteiger partial charge on any atom is -0.372 e. The first-order chi connectivity index (χ1) is 4.93. The summed E-state index contributed by atoms with van der Waals surface area (Å²) >= 11 is 2.59. The van der Waals surface area contributed by atoms with Crippen molar-refractivity contribution in [1.82, 2.24) is 10.9 Å². The maximum absolute atomic E-state index is 11.9. The Morgan fingerprint density at radius 2 is 2.00 bits per heavy atom. The van der Waals surface area contributed by atoms with Crippen molar-refractivity contribution < 1.29 is 18.3 Å². The number of allylic oxidation sites excluding steroid dienone is 1. The van der Waals surface area contributed by atoms with E-state index in [1.54, 1.807) is 5.43 Å². The summed E-state index contributed by atoms with van der Waals surface area (Å²) in [6, 6.07) is 0. The standard InChI is InChI=1S/C4H4BrF3N2O/c5-1-2(4(6,7)8)9-10-3(1)11/h3,9-11H. The molecule has 64 valence electrons. The second kappa shape index (κ2) is 2.65. The highest BCUT2D eigenvalue weighted by Gasteiger charge is 2.41. The van der Waals surface area contributed by atoms with Crippen LogP contribution >= 0.6 is 15.9 Å². The first kappa shape index (κ1) is 8.82. The van der Waals surface area contributed by atoms with Crippen molar-refractivity contribution in [3.8, 4) is 0 Å². The van der Waals surface area contributed by atoms with Crippen molar-refractivity contribution in [2.45, 2.75) is 12.4 Å². The molecule has 1 atom stereocenters. The average Bonchev–Trinajstić information content (AvgIpc) is 2.11. The summed E-state index contributed by atoms with van der Waals surface area (Å²) in [6.45, 7) is 0. The zero-order valence-electron chi connectivity index (χ0n) is 5.04. The lowest BCUT2D eigenvalue weighted by Crippen LogP contribution is -2.34. The molecule has 0 saturated heterocycles. The quantitative estimate of drug-likeness (QED) is 0.573. The molecule has 11 heavy (non-hydrogen) atoms. The largest absolute Gasteiger partial charge is 0.433 e. The predicted octanol–water partition coefficient (Wildman–Crippen LogP) is 0.581. The van der Waals surface area contributed by atoms with Crippen molar-refractivity contribution in [2.75, 3.05) is 0 Å². The van der Waals surface area contributed by atoms with Gasteiger partial charge in [0.15, 0.2) is 6.23 Å². The van der Waals surface area contributed by atoms with Crippen LogP contribution in [0.3, 0.4) is 0 Å². The van der Waals surface area contributed by atoms with E-state index in [4.69, 9.17) is 5.11 Å². The molecule has 3 nitrogen and oxygen atoms in total. The van der Waals surface area contributed by atoms with Crippen LogP contribution in [0.25, 0.3) is 0 Å². The van der Waals surface area contributed by atoms with Crippen LogP contribution < -0.4 is 10.9 Å². The number of hydrazine groups is 1. The predicted molar refractivity (Wildman–Crippen MR) is 34.3 cm³/mol. The van der Waals surface area contributed by atoms with E-state index >= 15 is 0 Å². The van der Waals surface area contributed by atoms with Crippen LogP contribution in [0.1, 0.15) is 0 Å². The normalized spacial score (nSPS) is 25.7. The van der Waals surface area contributed by atoms with Crippen LogP contribution in [-0.4, -0.2) is 17.5 Å². The molecule has 1 aliphatic heterocycles. The van der Waals surface area contributed by atoms with Gasteiger partial charge < -0.3 is 10.5 Å². The Bertz CT molecular complexity index is 202. The lowest BCUT2D eigenvalue weighted by Gasteiger charge is -2.07. The Labute approximate surface area is 68.4 Å². The van der Waals surface area contributed by atoms with Crippen molar-refractivity contribution in [1.29, 1.82) is 0 Å². The van der Waals surface area contributed by atoms with E-state index in [9.17, 15) is 13.2 Å². The third-order valence-corrected chi connectivity index (χ3v) is 1.93. The van der Waals surface area contributed by atoms with Crippen molar-refractivity contribution in [2.24, 2.45) is 0 Å². The number of nitrogens with one attached hydrogen (secondary N) is 2. The van der Waals surface area contributed by atoms with Crippen LogP contribution in [0.5, 0.6) is 0 Å². The van der Waals surface area contributed by atoms with Crippen molar-refractivity contribution in [3.05, 3.63) is 10.2 Å². The van der Waals surface area contributed by atoms with Gasteiger partial charge in [0.2, 0.25) is 0 Å². The molecule has 1 aliphatic rings. The summed E-state index contributed by atoms with van der Waals surface area (Å²) < 4.78 is 35.3. The number of hydrogen-bond acceptors (Lipinski definition) is 3. The first-order valence-electron chi connectivity index (χ1n) is 2.59. The number of aliphatic hydroxyl groups excluding tert-OH is 1. The summed E-state index contributed by atoms with van der Waals surface area (Å²) in [7, 11) is 0. The van der Waals surface area contributed by atoms with Crippen LogP contribution in [0, 0.1) is 0 Å². The van der Waals surface area contributed by atoms with E-state index in [-0.39, 0.29) is 4.48 Å². The van der Waals surface area contributed by atoms with Crippen molar-refractivity contribution >= 4 is 15.9 Å². The number of hydrogen-bond donors (Lipinski definition) is 3. The molecule has 7 heteroatoms. The second-order valence-electron chi connectivity index (χ2n) is 1.89. The number of halogens is 4. The Hall–Kier alpha value is -0.270. The average molecular weight is 233 g/mol. The molecule has 0 fully saturated rings. The highest BCUT2D eigenvalue weighted by Crippen LogP contribution is 2.31. The van der Waals surface area contributed by atoms with Crippen LogP contribution in [0.2, 0.25) is 0 Å². The van der Waals surface area contributed by atoms with Gasteiger partial charge in [-0.05, 0) is 15.9 Å². The van der Waals surface area contributed by atoms with E-state index in [0.29, 0.717) is 0 Å². The third kappa shape index (κ3) is 1.66. The summed E-state index contributed by atoms with van der Waals surface area (Å²) in [6.07, 6.45) is -5.80. The molecule has 0 amide bonds. The molecule has 0 aliphatic carbocycles. The van der Waals surface area contributed by atoms with Gasteiger partial charge in [-0.2, -0.15) is 13.2 Å². The first-order valence-corrected chi connectivity index (χ1v) is 3.38. The summed E-state index contributed by atoms with van der Waals surface area (Å²) in [5, 5.41) is 8.75. The Kier molecular flexibility index (Phi) is 2.13. The van der Waals surface area contributed by atoms with E-state index < -0.39 is 18.1 Å². The molecule has 3 N–H and O–H groups in total. The number of rotatable bonds is 0. The molecule has 0 aromatic carbocycles. The fourth-order valence-corrected chi connectivity index (χ4v) is 1.04. The summed E-state index contributed by atoms with van der Waals surface area (Å²) in [5.41, 5.74) is 2.80. The minimum atomic E-state index is -4.47. The monoisotopic (exact) mass is 232 g/mol. The Morgan fingerprint density at radius 3 is 2.18 bits per heavy atom. The molecular weight excluding hydrogens is 229 g/mol. The highest BCUT2D eigenvalue weighted by molar-refractivity contribution is 9.11. The zero-order valence-corrected chi connectivity index (χ0v) is 6.62. The lowest BCUT2D eigenvalue weighted by atomic mass is 10.4. The summed E-state index contributed by atoms with van der Waals surface area (Å²) in [4.78, 5) is 0. The maximum Gasteiger partial charge on any atom is 0.433 e. The molecule has 0 spiro atoms. The molecule has 1 unspecified atom stereocenters. The van der Waals surface area contributed by atoms with Gasteiger partial charge in [0, 0.05) is 0 Å². The van der Waals surface area contributed by atoms with Crippen molar-refractivity contribution in [3.63, 3.8) is 0 Å². The summed E-state index contributed by atoms with van der Waals surface area (Å²) in [5.74, 6) is 0. The van der Waals surface area contributed by atoms with Crippen LogP contribution in [-0.2, 0) is 0 Å². The number of alkyl halides is 3. The van der Waals surface area contributed by atoms with E-state index in [0.717, 1.165) is 0 Å². The van der Waals surface area contributed by atoms with Gasteiger partial charge in [-0.3, -0.25) is 0 Å². The fraction of sp³-hybridized carbons (Fsp3) is 0.500. The van der Waals surface area contributed by atoms with Crippen LogP contribution in [0.4, 0.5) is 13.2 Å². The van der Waals surface area contributed by atoms with Gasteiger partial charge in [0.1, 0.15) is 5.70 Å². The minimum absolute atomic E-state index is 0.329. The Morgan fingerprint density at radius 1 is 1.45 bits per heavy atom. The van der Waals surface area contributed by atoms with Gasteiger partial charge >= 0.3 is 6.18 Å². The highest BCUT2D eigenvalue weighted by atomic mass is 79.9. The van der Waals surface area contributed by atoms with E-state index in [1.165, 1.54) is 0 Å². The smallest absolute Gasteiger partial charge is 0.372 e. The van der Waals surface area contributed by atoms with Crippen LogP contribution in [0.15, 0.2) is 10.2 Å². The molecular formula is C4H4BrF3N2O. The second-order valence-corrected chi connectivity index (χ2v) is 2.75. The molecule has 0 aromatic rings. The van der Waals surface area contributed by atoms with Gasteiger partial charge in [0.05, 0.1) is 4.48 Å². The molecule has 0 aromatic heterocycles. The topological polar surface area (TPSA) is 44.3 Å². The Balaban J connectivity index is 2.88. The lowest BCUT2D eigenvalue weighted by molar-refractivity contribution is -0.0966. The maximum atomic E-state index is 11.9. The SMILES string of the molecule is OC1NNC(C(F)(F)F)=C1Br. The van der Waals surface area contributed by atoms with Gasteiger partial charge in [-0.15, -0.1) is 0 Å². The molecule has 0 radical (unpaired) electrons. The van der Waals surface area contributed by atoms with E-state index in [2.05, 4.69) is 15.9 Å². The molecule has 1 rings (SSSR count). The molecule has 0 bridgehead atoms. The van der Waals surface area contributed by atoms with Gasteiger partial charge in [0.25, 0.3) is 0 Å². The molecule has 1 heterocycles. The number of aliphatic hydroxyl groups is 1. The van der Waals surface area contributed by atoms with E-state index in [1.807, 2.05) is 5.43 Å². The third-order valence-electron chi connectivity index (χ3n) is 1.10. The zero-order chi connectivity index (χ0) is 8.65. The van der Waals surface area contributed by atoms with Gasteiger partial charge in [-0.25, -0.2) is 5.43 Å². The van der Waals surface area contributed by atoms with Gasteiger partial charge in [-0.1, -0.05) is 0 Å². The fourth-order valence-electron chi connectivity index (χ4n) is 0.607. The molecule has 0 saturated carbocycles.